The molecule has 0 unspecified atom stereocenters. The molecule has 0 bridgehead atoms. The first kappa shape index (κ1) is 38.8. The maximum absolute atomic E-state index is 11.8. The lowest BCUT2D eigenvalue weighted by molar-refractivity contribution is -0.144. The van der Waals surface area contributed by atoms with E-state index in [2.05, 4.69) is 70.2 Å². The summed E-state index contributed by atoms with van der Waals surface area (Å²) in [6.07, 6.45) is 42.3. The van der Waals surface area contributed by atoms with E-state index in [1.807, 2.05) is 0 Å². The van der Waals surface area contributed by atoms with Crippen molar-refractivity contribution < 1.29 is 19.1 Å². The van der Waals surface area contributed by atoms with Crippen LogP contribution < -0.4 is 0 Å². The third-order valence-corrected chi connectivity index (χ3v) is 10.9. The molecule has 0 fully saturated rings. The number of allylic oxidation sites excluding steroid dienone is 8. The molecule has 44 heavy (non-hydrogen) atoms. The van der Waals surface area contributed by atoms with Crippen molar-refractivity contribution in [1.82, 2.24) is 0 Å². The van der Waals surface area contributed by atoms with Gasteiger partial charge in [-0.15, -0.1) is 0 Å². The molecule has 4 nitrogen and oxygen atoms in total. The SMILES string of the molecule is O=C(CCCCC1C=CC=C1)OCCCCCCCCCSSCCCCCCCCCOC(=O)CCCCC1C=CC=C1. The Morgan fingerprint density at radius 1 is 0.432 bits per heavy atom. The van der Waals surface area contributed by atoms with Crippen LogP contribution in [-0.4, -0.2) is 36.7 Å². The van der Waals surface area contributed by atoms with Crippen LogP contribution in [0.3, 0.4) is 0 Å². The van der Waals surface area contributed by atoms with Gasteiger partial charge in [0.1, 0.15) is 0 Å². The van der Waals surface area contributed by atoms with Crippen LogP contribution in [0.1, 0.15) is 141 Å². The highest BCUT2D eigenvalue weighted by molar-refractivity contribution is 8.76. The number of hydrogen-bond acceptors (Lipinski definition) is 6. The number of esters is 2. The fourth-order valence-electron chi connectivity index (χ4n) is 5.57. The Morgan fingerprint density at radius 3 is 1.16 bits per heavy atom. The van der Waals surface area contributed by atoms with Gasteiger partial charge in [0.2, 0.25) is 0 Å². The Kier molecular flexibility index (Phi) is 25.6. The number of carbonyl (C=O) groups excluding carboxylic acids is 2. The van der Waals surface area contributed by atoms with Gasteiger partial charge in [-0.1, -0.05) is 147 Å². The summed E-state index contributed by atoms with van der Waals surface area (Å²) in [4.78, 5) is 23.7. The van der Waals surface area contributed by atoms with Gasteiger partial charge in [-0.05, 0) is 63.2 Å². The van der Waals surface area contributed by atoms with E-state index in [4.69, 9.17) is 9.47 Å². The van der Waals surface area contributed by atoms with Crippen molar-refractivity contribution in [2.45, 2.75) is 141 Å². The average molecular weight is 647 g/mol. The molecule has 0 atom stereocenters. The first-order chi connectivity index (χ1) is 21.7. The van der Waals surface area contributed by atoms with Gasteiger partial charge in [-0.3, -0.25) is 9.59 Å². The molecule has 6 heteroatoms. The molecule has 0 aromatic rings. The number of ether oxygens (including phenoxy) is 2. The Hall–Kier alpha value is -1.40. The first-order valence-electron chi connectivity index (χ1n) is 18.0. The summed E-state index contributed by atoms with van der Waals surface area (Å²) < 4.78 is 10.8. The van der Waals surface area contributed by atoms with Gasteiger partial charge in [-0.25, -0.2) is 0 Å². The molecule has 0 spiro atoms. The van der Waals surface area contributed by atoms with Crippen molar-refractivity contribution in [3.8, 4) is 0 Å². The molecule has 0 amide bonds. The van der Waals surface area contributed by atoms with Crippen LogP contribution in [-0.2, 0) is 19.1 Å². The lowest BCUT2D eigenvalue weighted by atomic mass is 10.0. The van der Waals surface area contributed by atoms with Crippen LogP contribution in [0.15, 0.2) is 48.6 Å². The van der Waals surface area contributed by atoms with Crippen LogP contribution >= 0.6 is 21.6 Å². The zero-order valence-corrected chi connectivity index (χ0v) is 29.2. The average Bonchev–Trinajstić information content (AvgIpc) is 3.75. The predicted octanol–water partition coefficient (Wildman–Crippen LogP) is 11.5. The summed E-state index contributed by atoms with van der Waals surface area (Å²) in [5.74, 6) is 3.65. The fourth-order valence-corrected chi connectivity index (χ4v) is 7.86. The van der Waals surface area contributed by atoms with Crippen LogP contribution in [0.5, 0.6) is 0 Å². The van der Waals surface area contributed by atoms with Gasteiger partial charge >= 0.3 is 11.9 Å². The molecule has 0 radical (unpaired) electrons. The van der Waals surface area contributed by atoms with Gasteiger partial charge in [0.15, 0.2) is 0 Å². The molecule has 0 aliphatic heterocycles. The fraction of sp³-hybridized carbons (Fsp3) is 0.737. The predicted molar refractivity (Wildman–Crippen MR) is 192 cm³/mol. The third-order valence-electron chi connectivity index (χ3n) is 8.35. The number of unbranched alkanes of at least 4 members (excludes halogenated alkanes) is 14. The highest BCUT2D eigenvalue weighted by Crippen LogP contribution is 2.25. The van der Waals surface area contributed by atoms with Crippen molar-refractivity contribution in [3.63, 3.8) is 0 Å². The van der Waals surface area contributed by atoms with Crippen LogP contribution in [0.25, 0.3) is 0 Å². The zero-order chi connectivity index (χ0) is 31.2. The molecule has 2 aliphatic rings. The minimum Gasteiger partial charge on any atom is -0.466 e. The Morgan fingerprint density at radius 2 is 0.773 bits per heavy atom. The second-order valence-electron chi connectivity index (χ2n) is 12.4. The second kappa shape index (κ2) is 29.0. The Labute approximate surface area is 278 Å². The standard InChI is InChI=1S/C38H62O4S2/c39-37(29-17-15-27-35-23-11-12-24-35)41-31-19-7-3-1-5-9-21-33-43-44-34-22-10-6-2-4-8-20-32-42-38(40)30-18-16-28-36-25-13-14-26-36/h11-14,23-26,35-36H,1-10,15-22,27-34H2. The molecular weight excluding hydrogens is 585 g/mol. The first-order valence-corrected chi connectivity index (χ1v) is 20.5. The molecule has 0 saturated heterocycles. The summed E-state index contributed by atoms with van der Waals surface area (Å²) in [6.45, 7) is 1.19. The van der Waals surface area contributed by atoms with E-state index < -0.39 is 0 Å². The summed E-state index contributed by atoms with van der Waals surface area (Å²) in [6, 6.07) is 0. The Balaban J connectivity index is 1.17. The maximum Gasteiger partial charge on any atom is 0.305 e. The van der Waals surface area contributed by atoms with Gasteiger partial charge in [0, 0.05) is 24.3 Å². The van der Waals surface area contributed by atoms with Gasteiger partial charge in [0.25, 0.3) is 0 Å². The van der Waals surface area contributed by atoms with Crippen molar-refractivity contribution in [1.29, 1.82) is 0 Å². The minimum absolute atomic E-state index is 0.0204. The number of rotatable bonds is 31. The molecule has 0 N–H and O–H groups in total. The lowest BCUT2D eigenvalue weighted by Crippen LogP contribution is -2.05. The summed E-state index contributed by atoms with van der Waals surface area (Å²) in [5, 5.41) is 0. The quantitative estimate of drug-likeness (QED) is 0.0424. The summed E-state index contributed by atoms with van der Waals surface area (Å²) >= 11 is 0. The molecule has 0 aromatic heterocycles. The van der Waals surface area contributed by atoms with Gasteiger partial charge in [-0.2, -0.15) is 0 Å². The molecule has 250 valence electrons. The Bertz CT molecular complexity index is 743. The van der Waals surface area contributed by atoms with E-state index in [1.165, 1.54) is 88.6 Å². The maximum atomic E-state index is 11.8. The van der Waals surface area contributed by atoms with Crippen molar-refractivity contribution in [3.05, 3.63) is 48.6 Å². The lowest BCUT2D eigenvalue weighted by Gasteiger charge is -2.07. The zero-order valence-electron chi connectivity index (χ0n) is 27.6. The van der Waals surface area contributed by atoms with E-state index >= 15 is 0 Å². The van der Waals surface area contributed by atoms with Gasteiger partial charge in [0.05, 0.1) is 13.2 Å². The monoisotopic (exact) mass is 646 g/mol. The molecule has 2 rings (SSSR count). The largest absolute Gasteiger partial charge is 0.466 e. The molecule has 0 aromatic carbocycles. The van der Waals surface area contributed by atoms with Crippen molar-refractivity contribution in [2.75, 3.05) is 24.7 Å². The summed E-state index contributed by atoms with van der Waals surface area (Å²) in [5.41, 5.74) is 0. The minimum atomic E-state index is -0.0204. The summed E-state index contributed by atoms with van der Waals surface area (Å²) in [7, 11) is 4.10. The topological polar surface area (TPSA) is 52.6 Å². The van der Waals surface area contributed by atoms with E-state index in [1.54, 1.807) is 0 Å². The van der Waals surface area contributed by atoms with Gasteiger partial charge < -0.3 is 9.47 Å². The molecule has 2 aliphatic carbocycles. The highest BCUT2D eigenvalue weighted by Gasteiger charge is 2.07. The van der Waals surface area contributed by atoms with E-state index in [0.29, 0.717) is 37.9 Å². The van der Waals surface area contributed by atoms with E-state index in [0.717, 1.165) is 51.4 Å². The highest BCUT2D eigenvalue weighted by atomic mass is 33.1. The number of carbonyl (C=O) groups is 2. The molecule has 0 heterocycles. The van der Waals surface area contributed by atoms with Crippen LogP contribution in [0.2, 0.25) is 0 Å². The number of hydrogen-bond donors (Lipinski definition) is 0. The second-order valence-corrected chi connectivity index (χ2v) is 15.1. The van der Waals surface area contributed by atoms with E-state index in [9.17, 15) is 9.59 Å². The van der Waals surface area contributed by atoms with Crippen LogP contribution in [0, 0.1) is 11.8 Å². The molecule has 0 saturated carbocycles. The smallest absolute Gasteiger partial charge is 0.305 e. The van der Waals surface area contributed by atoms with Crippen molar-refractivity contribution >= 4 is 33.5 Å². The van der Waals surface area contributed by atoms with E-state index in [-0.39, 0.29) is 11.9 Å². The van der Waals surface area contributed by atoms with Crippen LogP contribution in [0.4, 0.5) is 0 Å². The normalized spacial score (nSPS) is 14.3. The molecular formula is C38H62O4S2. The van der Waals surface area contributed by atoms with Crippen molar-refractivity contribution in [2.24, 2.45) is 11.8 Å². The third kappa shape index (κ3) is 23.9.